The van der Waals surface area contributed by atoms with E-state index in [1.54, 1.807) is 0 Å². The number of benzene rings is 2. The smallest absolute Gasteiger partial charge is 0.329 e. The third-order valence-electron chi connectivity index (χ3n) is 2.87. The van der Waals surface area contributed by atoms with Gasteiger partial charge in [-0.15, -0.1) is 0 Å². The molecule has 2 amide bonds. The molecule has 2 rings (SSSR count). The number of rotatable bonds is 4. The summed E-state index contributed by atoms with van der Waals surface area (Å²) in [5.74, 6) is -1.57. The molecule has 2 aromatic carbocycles. The number of likely N-dealkylation sites (N-methyl/N-ethyl adjacent to an activating group) is 1. The molecule has 2 aromatic rings. The zero-order valence-corrected chi connectivity index (χ0v) is 13.9. The van der Waals surface area contributed by atoms with E-state index in [4.69, 9.17) is 0 Å². The highest BCUT2D eigenvalue weighted by Crippen LogP contribution is 2.23. The molecule has 3 N–H and O–H groups in total. The van der Waals surface area contributed by atoms with Crippen molar-refractivity contribution in [2.75, 3.05) is 12.4 Å². The van der Waals surface area contributed by atoms with E-state index in [0.717, 1.165) is 21.4 Å². The van der Waals surface area contributed by atoms with Gasteiger partial charge in [0.2, 0.25) is 0 Å². The van der Waals surface area contributed by atoms with Crippen molar-refractivity contribution in [2.24, 2.45) is 5.10 Å². The largest absolute Gasteiger partial charge is 0.355 e. The first-order chi connectivity index (χ1) is 11.1. The minimum absolute atomic E-state index is 0.750. The molecule has 0 aliphatic carbocycles. The number of nitrogens with zero attached hydrogens (tertiary/aromatic N) is 1. The van der Waals surface area contributed by atoms with Gasteiger partial charge in [0.25, 0.3) is 0 Å². The fourth-order valence-electron chi connectivity index (χ4n) is 1.76. The number of hydrogen-bond donors (Lipinski definition) is 3. The van der Waals surface area contributed by atoms with E-state index in [-0.39, 0.29) is 0 Å². The van der Waals surface area contributed by atoms with Crippen LogP contribution in [0.1, 0.15) is 5.56 Å². The zero-order valence-electron chi connectivity index (χ0n) is 12.3. The number of hydrogen-bond acceptors (Lipinski definition) is 4. The summed E-state index contributed by atoms with van der Waals surface area (Å²) in [6.45, 7) is 0. The van der Waals surface area contributed by atoms with Crippen LogP contribution >= 0.6 is 15.9 Å². The Morgan fingerprint density at radius 1 is 1.09 bits per heavy atom. The molecule has 0 radical (unpaired) electrons. The molecule has 0 saturated heterocycles. The molecule has 0 aliphatic heterocycles. The maximum absolute atomic E-state index is 11.3. The quantitative estimate of drug-likeness (QED) is 0.436. The first-order valence-corrected chi connectivity index (χ1v) is 7.56. The Morgan fingerprint density at radius 2 is 1.83 bits per heavy atom. The van der Waals surface area contributed by atoms with E-state index >= 15 is 0 Å². The molecule has 0 bridgehead atoms. The summed E-state index contributed by atoms with van der Waals surface area (Å²) in [4.78, 5) is 22.4. The standard InChI is InChI=1S/C16H15BrN4O2/c1-18-15(22)16(23)21-19-10-11-9-12(17)7-8-14(11)20-13-5-3-2-4-6-13/h2-10,20H,1H3,(H,18,22)(H,21,23)/b19-10-. The Balaban J connectivity index is 2.15. The van der Waals surface area contributed by atoms with Gasteiger partial charge in [-0.3, -0.25) is 9.59 Å². The minimum Gasteiger partial charge on any atom is -0.355 e. The lowest BCUT2D eigenvalue weighted by molar-refractivity contribution is -0.138. The van der Waals surface area contributed by atoms with E-state index < -0.39 is 11.8 Å². The molecule has 0 spiro atoms. The van der Waals surface area contributed by atoms with E-state index in [1.165, 1.54) is 13.3 Å². The van der Waals surface area contributed by atoms with Crippen LogP contribution in [0.5, 0.6) is 0 Å². The van der Waals surface area contributed by atoms with Crippen molar-refractivity contribution in [1.82, 2.24) is 10.7 Å². The Labute approximate surface area is 142 Å². The number of carbonyl (C=O) groups excluding carboxylic acids is 2. The fourth-order valence-corrected chi connectivity index (χ4v) is 2.13. The Kier molecular flexibility index (Phi) is 5.87. The first-order valence-electron chi connectivity index (χ1n) is 6.77. The highest BCUT2D eigenvalue weighted by atomic mass is 79.9. The second kappa shape index (κ2) is 8.09. The van der Waals surface area contributed by atoms with Crippen LogP contribution in [0.3, 0.4) is 0 Å². The van der Waals surface area contributed by atoms with Gasteiger partial charge in [-0.25, -0.2) is 5.43 Å². The summed E-state index contributed by atoms with van der Waals surface area (Å²) in [5.41, 5.74) is 4.66. The summed E-state index contributed by atoms with van der Waals surface area (Å²) < 4.78 is 0.871. The molecular formula is C16H15BrN4O2. The van der Waals surface area contributed by atoms with E-state index in [2.05, 4.69) is 37.1 Å². The third-order valence-corrected chi connectivity index (χ3v) is 3.36. The maximum atomic E-state index is 11.3. The summed E-state index contributed by atoms with van der Waals surface area (Å²) >= 11 is 3.40. The van der Waals surface area contributed by atoms with E-state index in [9.17, 15) is 9.59 Å². The van der Waals surface area contributed by atoms with Crippen molar-refractivity contribution in [2.45, 2.75) is 0 Å². The third kappa shape index (κ3) is 4.93. The van der Waals surface area contributed by atoms with Crippen LogP contribution in [0, 0.1) is 0 Å². The predicted molar refractivity (Wildman–Crippen MR) is 93.7 cm³/mol. The van der Waals surface area contributed by atoms with Gasteiger partial charge in [0.15, 0.2) is 0 Å². The fraction of sp³-hybridized carbons (Fsp3) is 0.0625. The van der Waals surface area contributed by atoms with Crippen molar-refractivity contribution in [3.05, 3.63) is 58.6 Å². The van der Waals surface area contributed by atoms with Crippen LogP contribution in [0.25, 0.3) is 0 Å². The van der Waals surface area contributed by atoms with E-state index in [0.29, 0.717) is 0 Å². The summed E-state index contributed by atoms with van der Waals surface area (Å²) in [6.07, 6.45) is 1.47. The summed E-state index contributed by atoms with van der Waals surface area (Å²) in [6, 6.07) is 15.3. The highest BCUT2D eigenvalue weighted by molar-refractivity contribution is 9.10. The predicted octanol–water partition coefficient (Wildman–Crippen LogP) is 2.39. The zero-order chi connectivity index (χ0) is 16.7. The number of amides is 2. The molecule has 23 heavy (non-hydrogen) atoms. The molecule has 6 nitrogen and oxygen atoms in total. The molecule has 0 fully saturated rings. The molecule has 0 heterocycles. The van der Waals surface area contributed by atoms with Crippen LogP contribution in [0.2, 0.25) is 0 Å². The van der Waals surface area contributed by atoms with Crippen molar-refractivity contribution < 1.29 is 9.59 Å². The minimum atomic E-state index is -0.823. The number of nitrogens with one attached hydrogen (secondary N) is 3. The number of carbonyl (C=O) groups is 2. The van der Waals surface area contributed by atoms with Crippen LogP contribution in [0.15, 0.2) is 58.1 Å². The Morgan fingerprint density at radius 3 is 2.52 bits per heavy atom. The first kappa shape index (κ1) is 16.7. The molecular weight excluding hydrogens is 360 g/mol. The maximum Gasteiger partial charge on any atom is 0.329 e. The Hall–Kier alpha value is -2.67. The van der Waals surface area contributed by atoms with Crippen molar-refractivity contribution in [3.8, 4) is 0 Å². The average molecular weight is 375 g/mol. The van der Waals surface area contributed by atoms with Gasteiger partial charge in [-0.1, -0.05) is 34.1 Å². The topological polar surface area (TPSA) is 82.6 Å². The van der Waals surface area contributed by atoms with Gasteiger partial charge in [0.05, 0.1) is 6.21 Å². The SMILES string of the molecule is CNC(=O)C(=O)N/N=C\c1cc(Br)ccc1Nc1ccccc1. The van der Waals surface area contributed by atoms with Crippen LogP contribution in [0.4, 0.5) is 11.4 Å². The van der Waals surface area contributed by atoms with Crippen molar-refractivity contribution in [1.29, 1.82) is 0 Å². The molecule has 7 heteroatoms. The lowest BCUT2D eigenvalue weighted by Crippen LogP contribution is -2.35. The van der Waals surface area contributed by atoms with Gasteiger partial charge in [0.1, 0.15) is 0 Å². The van der Waals surface area contributed by atoms with Crippen LogP contribution in [-0.2, 0) is 9.59 Å². The molecule has 0 aromatic heterocycles. The van der Waals surface area contributed by atoms with Crippen LogP contribution < -0.4 is 16.1 Å². The lowest BCUT2D eigenvalue weighted by atomic mass is 10.2. The van der Waals surface area contributed by atoms with Crippen molar-refractivity contribution >= 4 is 45.3 Å². The van der Waals surface area contributed by atoms with Crippen LogP contribution in [-0.4, -0.2) is 25.1 Å². The number of halogens is 1. The molecule has 0 saturated carbocycles. The molecule has 0 aliphatic rings. The second-order valence-corrected chi connectivity index (χ2v) is 5.42. The van der Waals surface area contributed by atoms with Gasteiger partial charge in [0, 0.05) is 28.5 Å². The second-order valence-electron chi connectivity index (χ2n) is 4.50. The number of anilines is 2. The Bertz CT molecular complexity index is 732. The van der Waals surface area contributed by atoms with Gasteiger partial charge >= 0.3 is 11.8 Å². The number of hydrazone groups is 1. The monoisotopic (exact) mass is 374 g/mol. The molecule has 0 unspecified atom stereocenters. The van der Waals surface area contributed by atoms with Gasteiger partial charge in [-0.2, -0.15) is 5.10 Å². The highest BCUT2D eigenvalue weighted by Gasteiger charge is 2.09. The van der Waals surface area contributed by atoms with Crippen molar-refractivity contribution in [3.63, 3.8) is 0 Å². The number of para-hydroxylation sites is 1. The average Bonchev–Trinajstić information content (AvgIpc) is 2.57. The molecule has 118 valence electrons. The molecule has 0 atom stereocenters. The lowest BCUT2D eigenvalue weighted by Gasteiger charge is -2.10. The van der Waals surface area contributed by atoms with Gasteiger partial charge < -0.3 is 10.6 Å². The van der Waals surface area contributed by atoms with E-state index in [1.807, 2.05) is 48.5 Å². The normalized spacial score (nSPS) is 10.3. The summed E-state index contributed by atoms with van der Waals surface area (Å²) in [5, 5.41) is 9.30. The summed E-state index contributed by atoms with van der Waals surface area (Å²) in [7, 11) is 1.38. The van der Waals surface area contributed by atoms with Gasteiger partial charge in [-0.05, 0) is 30.3 Å².